The maximum atomic E-state index is 15.4. The summed E-state index contributed by atoms with van der Waals surface area (Å²) in [4.78, 5) is 39.8. The van der Waals surface area contributed by atoms with Crippen LogP contribution in [0.2, 0.25) is 0 Å². The largest absolute Gasteiger partial charge is 0.462 e. The second kappa shape index (κ2) is 9.08. The Kier molecular flexibility index (Phi) is 7.23. The molecule has 0 amide bonds. The Morgan fingerprint density at radius 2 is 1.97 bits per heavy atom. The fourth-order valence-corrected chi connectivity index (χ4v) is 2.99. The molecule has 9 nitrogen and oxygen atoms in total. The second-order valence-corrected chi connectivity index (χ2v) is 7.74. The van der Waals surface area contributed by atoms with Crippen molar-refractivity contribution in [2.24, 2.45) is 11.8 Å². The van der Waals surface area contributed by atoms with Crippen molar-refractivity contribution in [1.29, 1.82) is 0 Å². The van der Waals surface area contributed by atoms with Gasteiger partial charge in [-0.2, -0.15) is 4.98 Å². The van der Waals surface area contributed by atoms with Crippen molar-refractivity contribution in [3.8, 4) is 0 Å². The SMILES string of the molecule is CC(C)C(=O)OC[C@@]1(CCl)OC(n2ccc(N)nc2=O)C(F)C1OC(=O)C(C)C. The lowest BCUT2D eigenvalue weighted by Crippen LogP contribution is -2.51. The van der Waals surface area contributed by atoms with E-state index < -0.39 is 60.2 Å². The molecule has 0 radical (unpaired) electrons. The third-order valence-electron chi connectivity index (χ3n) is 4.43. The predicted octanol–water partition coefficient (Wildman–Crippen LogP) is 1.44. The Bertz CT molecular complexity index is 817. The molecule has 2 heterocycles. The first-order chi connectivity index (χ1) is 13.5. The van der Waals surface area contributed by atoms with Crippen molar-refractivity contribution in [3.63, 3.8) is 0 Å². The summed E-state index contributed by atoms with van der Waals surface area (Å²) >= 11 is 6.07. The zero-order valence-electron chi connectivity index (χ0n) is 16.6. The number of aromatic nitrogens is 2. The number of nitrogens with zero attached hydrogens (tertiary/aromatic N) is 2. The zero-order valence-corrected chi connectivity index (χ0v) is 17.4. The maximum absolute atomic E-state index is 15.4. The van der Waals surface area contributed by atoms with E-state index in [-0.39, 0.29) is 11.7 Å². The molecule has 1 aromatic rings. The molecule has 3 unspecified atom stereocenters. The molecule has 11 heteroatoms. The van der Waals surface area contributed by atoms with Crippen LogP contribution in [0.5, 0.6) is 0 Å². The minimum Gasteiger partial charge on any atom is -0.462 e. The van der Waals surface area contributed by atoms with Gasteiger partial charge in [0, 0.05) is 6.20 Å². The van der Waals surface area contributed by atoms with Crippen LogP contribution >= 0.6 is 11.6 Å². The molecule has 1 aromatic heterocycles. The molecular formula is C18H25ClFN3O6. The molecule has 4 atom stereocenters. The van der Waals surface area contributed by atoms with E-state index in [1.807, 2.05) is 0 Å². The van der Waals surface area contributed by atoms with Crippen molar-refractivity contribution >= 4 is 29.4 Å². The standard InChI is InChI=1S/C18H25ClFN3O6/c1-9(2)15(24)27-8-18(7-19)13(28-16(25)10(3)4)12(20)14(29-18)23-6-5-11(21)22-17(23)26/h5-6,9-10,12-14H,7-8H2,1-4H3,(H2,21,22,26)/t12?,13?,14?,18-/m1/s1. The molecule has 1 aliphatic rings. The lowest BCUT2D eigenvalue weighted by molar-refractivity contribution is -0.177. The fourth-order valence-electron chi connectivity index (χ4n) is 2.70. The molecule has 29 heavy (non-hydrogen) atoms. The Morgan fingerprint density at radius 1 is 1.34 bits per heavy atom. The number of rotatable bonds is 7. The van der Waals surface area contributed by atoms with Gasteiger partial charge in [-0.15, -0.1) is 11.6 Å². The summed E-state index contributed by atoms with van der Waals surface area (Å²) in [6.07, 6.45) is -3.77. The number of alkyl halides is 2. The topological polar surface area (TPSA) is 123 Å². The van der Waals surface area contributed by atoms with Gasteiger partial charge in [-0.1, -0.05) is 27.7 Å². The van der Waals surface area contributed by atoms with Crippen LogP contribution in [-0.4, -0.2) is 51.9 Å². The first-order valence-electron chi connectivity index (χ1n) is 9.12. The van der Waals surface area contributed by atoms with Crippen molar-refractivity contribution in [2.45, 2.75) is 51.8 Å². The van der Waals surface area contributed by atoms with Gasteiger partial charge in [0.15, 0.2) is 24.1 Å². The van der Waals surface area contributed by atoms with E-state index in [9.17, 15) is 14.4 Å². The number of esters is 2. The quantitative estimate of drug-likeness (QED) is 0.506. The van der Waals surface area contributed by atoms with Gasteiger partial charge in [-0.25, -0.2) is 9.18 Å². The van der Waals surface area contributed by atoms with E-state index in [0.29, 0.717) is 0 Å². The molecule has 2 N–H and O–H groups in total. The number of anilines is 1. The average Bonchev–Trinajstić information content (AvgIpc) is 2.92. The Hall–Kier alpha value is -2.20. The van der Waals surface area contributed by atoms with Crippen molar-refractivity contribution in [1.82, 2.24) is 9.55 Å². The first kappa shape index (κ1) is 23.1. The van der Waals surface area contributed by atoms with Gasteiger partial charge in [0.2, 0.25) is 0 Å². The van der Waals surface area contributed by atoms with Gasteiger partial charge in [0.05, 0.1) is 17.7 Å². The maximum Gasteiger partial charge on any atom is 0.351 e. The lowest BCUT2D eigenvalue weighted by atomic mass is 9.98. The van der Waals surface area contributed by atoms with Crippen LogP contribution in [0.4, 0.5) is 10.2 Å². The highest BCUT2D eigenvalue weighted by Crippen LogP contribution is 2.42. The number of carbonyl (C=O) groups is 2. The van der Waals surface area contributed by atoms with E-state index in [1.54, 1.807) is 27.7 Å². The van der Waals surface area contributed by atoms with Crippen molar-refractivity contribution < 1.29 is 28.2 Å². The molecule has 0 bridgehead atoms. The van der Waals surface area contributed by atoms with E-state index in [0.717, 1.165) is 4.57 Å². The minimum absolute atomic E-state index is 0.0445. The Balaban J connectivity index is 2.42. The van der Waals surface area contributed by atoms with Gasteiger partial charge in [0.1, 0.15) is 12.4 Å². The third kappa shape index (κ3) is 4.87. The number of nitrogen functional groups attached to an aromatic ring is 1. The second-order valence-electron chi connectivity index (χ2n) is 7.47. The molecular weight excluding hydrogens is 409 g/mol. The lowest BCUT2D eigenvalue weighted by Gasteiger charge is -2.32. The van der Waals surface area contributed by atoms with Crippen LogP contribution in [-0.2, 0) is 23.8 Å². The van der Waals surface area contributed by atoms with Crippen LogP contribution in [0.15, 0.2) is 17.1 Å². The summed E-state index contributed by atoms with van der Waals surface area (Å²) in [5, 5.41) is 0. The highest BCUT2D eigenvalue weighted by atomic mass is 35.5. The number of hydrogen-bond donors (Lipinski definition) is 1. The first-order valence-corrected chi connectivity index (χ1v) is 9.65. The van der Waals surface area contributed by atoms with Crippen LogP contribution in [0.25, 0.3) is 0 Å². The molecule has 162 valence electrons. The number of halogens is 2. The van der Waals surface area contributed by atoms with Crippen LogP contribution in [0.3, 0.4) is 0 Å². The number of hydrogen-bond acceptors (Lipinski definition) is 8. The van der Waals surface area contributed by atoms with Gasteiger partial charge >= 0.3 is 17.6 Å². The van der Waals surface area contributed by atoms with Gasteiger partial charge in [-0.05, 0) is 6.07 Å². The fraction of sp³-hybridized carbons (Fsp3) is 0.667. The van der Waals surface area contributed by atoms with Gasteiger partial charge < -0.3 is 19.9 Å². The highest BCUT2D eigenvalue weighted by Gasteiger charge is 2.59. The van der Waals surface area contributed by atoms with Crippen molar-refractivity contribution in [3.05, 3.63) is 22.7 Å². The molecule has 1 saturated heterocycles. The van der Waals surface area contributed by atoms with Gasteiger partial charge in [-0.3, -0.25) is 14.2 Å². The monoisotopic (exact) mass is 433 g/mol. The molecule has 1 fully saturated rings. The summed E-state index contributed by atoms with van der Waals surface area (Å²) in [5.41, 5.74) is 2.93. The molecule has 2 rings (SSSR count). The molecule has 0 saturated carbocycles. The number of ether oxygens (including phenoxy) is 3. The van der Waals surface area contributed by atoms with E-state index >= 15 is 4.39 Å². The predicted molar refractivity (Wildman–Crippen MR) is 102 cm³/mol. The molecule has 0 aliphatic carbocycles. The Labute approximate surface area is 172 Å². The van der Waals surface area contributed by atoms with Crippen LogP contribution < -0.4 is 11.4 Å². The average molecular weight is 434 g/mol. The zero-order chi connectivity index (χ0) is 21.9. The summed E-state index contributed by atoms with van der Waals surface area (Å²) < 4.78 is 32.6. The Morgan fingerprint density at radius 3 is 2.48 bits per heavy atom. The molecule has 1 aliphatic heterocycles. The summed E-state index contributed by atoms with van der Waals surface area (Å²) in [7, 11) is 0. The smallest absolute Gasteiger partial charge is 0.351 e. The summed E-state index contributed by atoms with van der Waals surface area (Å²) in [6, 6.07) is 1.30. The number of carbonyl (C=O) groups excluding carboxylic acids is 2. The van der Waals surface area contributed by atoms with Crippen LogP contribution in [0.1, 0.15) is 33.9 Å². The van der Waals surface area contributed by atoms with E-state index in [4.69, 9.17) is 31.5 Å². The van der Waals surface area contributed by atoms with Crippen LogP contribution in [0, 0.1) is 11.8 Å². The minimum atomic E-state index is -1.97. The van der Waals surface area contributed by atoms with Crippen molar-refractivity contribution in [2.75, 3.05) is 18.2 Å². The molecule has 0 spiro atoms. The van der Waals surface area contributed by atoms with E-state index in [1.165, 1.54) is 12.3 Å². The van der Waals surface area contributed by atoms with E-state index in [2.05, 4.69) is 4.98 Å². The summed E-state index contributed by atoms with van der Waals surface area (Å²) in [5.74, 6) is -2.64. The number of nitrogens with two attached hydrogens (primary N) is 1. The summed E-state index contributed by atoms with van der Waals surface area (Å²) in [6.45, 7) is 5.96. The molecule has 0 aromatic carbocycles. The third-order valence-corrected chi connectivity index (χ3v) is 4.88. The van der Waals surface area contributed by atoms with Gasteiger partial charge in [0.25, 0.3) is 0 Å². The highest BCUT2D eigenvalue weighted by molar-refractivity contribution is 6.18. The normalized spacial score (nSPS) is 26.7.